The zero-order valence-corrected chi connectivity index (χ0v) is 27.1. The zero-order chi connectivity index (χ0) is 33.1. The molecule has 0 bridgehead atoms. The molecule has 5 rings (SSSR count). The van der Waals surface area contributed by atoms with E-state index < -0.39 is 34.3 Å². The number of halogens is 7. The summed E-state index contributed by atoms with van der Waals surface area (Å²) < 4.78 is 83.2. The van der Waals surface area contributed by atoms with Gasteiger partial charge in [-0.15, -0.1) is 0 Å². The van der Waals surface area contributed by atoms with Crippen LogP contribution in [0.15, 0.2) is 82.6 Å². The second kappa shape index (κ2) is 11.5. The average molecular weight is 648 g/mol. The summed E-state index contributed by atoms with van der Waals surface area (Å²) in [7, 11) is 0. The summed E-state index contributed by atoms with van der Waals surface area (Å²) in [6.45, 7) is 12.9. The summed E-state index contributed by atoms with van der Waals surface area (Å²) in [5, 5.41) is 0.626. The van der Waals surface area contributed by atoms with E-state index >= 15 is 0 Å². The summed E-state index contributed by atoms with van der Waals surface area (Å²) in [5.74, 6) is 0. The summed E-state index contributed by atoms with van der Waals surface area (Å²) in [6.07, 6.45) is 1.45. The van der Waals surface area contributed by atoms with Gasteiger partial charge in [0.15, 0.2) is 5.71 Å². The summed E-state index contributed by atoms with van der Waals surface area (Å²) in [4.78, 5) is 2.05. The van der Waals surface area contributed by atoms with E-state index in [1.807, 2.05) is 75.3 Å². The van der Waals surface area contributed by atoms with Crippen LogP contribution >= 0.6 is 11.6 Å². The first-order chi connectivity index (χ1) is 20.9. The molecule has 0 saturated heterocycles. The molecule has 2 aliphatic heterocycles. The van der Waals surface area contributed by atoms with Gasteiger partial charge in [0, 0.05) is 46.1 Å². The molecule has 0 spiro atoms. The number of benzene rings is 2. The number of alkyl halides is 6. The summed E-state index contributed by atoms with van der Waals surface area (Å²) >= 11 is 6.97. The third kappa shape index (κ3) is 5.79. The molecule has 9 heteroatoms. The molecule has 0 aromatic heterocycles. The maximum Gasteiger partial charge on any atom is 0.416 e. The van der Waals surface area contributed by atoms with E-state index in [9.17, 15) is 26.3 Å². The average Bonchev–Trinajstić information content (AvgIpc) is 3.32. The van der Waals surface area contributed by atoms with Crippen molar-refractivity contribution in [2.45, 2.75) is 84.0 Å². The zero-order valence-electron chi connectivity index (χ0n) is 26.3. The highest BCUT2D eigenvalue weighted by atomic mass is 35.5. The number of hydrogen-bond acceptors (Lipinski definition) is 1. The molecular formula is C36H38ClF6N2+. The van der Waals surface area contributed by atoms with E-state index in [4.69, 9.17) is 11.6 Å². The van der Waals surface area contributed by atoms with Gasteiger partial charge in [-0.3, -0.25) is 0 Å². The van der Waals surface area contributed by atoms with Crippen molar-refractivity contribution in [3.63, 3.8) is 0 Å². The lowest BCUT2D eigenvalue weighted by molar-refractivity contribution is -0.433. The highest BCUT2D eigenvalue weighted by Crippen LogP contribution is 2.50. The largest absolute Gasteiger partial charge is 0.416 e. The monoisotopic (exact) mass is 647 g/mol. The van der Waals surface area contributed by atoms with E-state index in [-0.39, 0.29) is 0 Å². The molecule has 2 aromatic rings. The first kappa shape index (κ1) is 33.1. The molecule has 0 saturated carbocycles. The van der Waals surface area contributed by atoms with Crippen molar-refractivity contribution >= 4 is 28.7 Å². The molecule has 45 heavy (non-hydrogen) atoms. The van der Waals surface area contributed by atoms with Gasteiger partial charge in [-0.1, -0.05) is 37.6 Å². The SMILES string of the molecule is CCN1/C(=C/C=C2\CCCC(/C=C/C3=[N+](CC)c4ccc(C(F)(F)F)cc4C3(C)C)=C2Cl)C(C)(C)c2cc(C(F)(F)F)ccc21. The van der Waals surface area contributed by atoms with Crippen LogP contribution in [0.4, 0.5) is 37.7 Å². The van der Waals surface area contributed by atoms with Crippen LogP contribution in [-0.2, 0) is 23.2 Å². The van der Waals surface area contributed by atoms with Gasteiger partial charge in [0.2, 0.25) is 5.69 Å². The van der Waals surface area contributed by atoms with Crippen LogP contribution in [0.2, 0.25) is 0 Å². The molecule has 240 valence electrons. The fraction of sp³-hybridized carbons (Fsp3) is 0.417. The highest BCUT2D eigenvalue weighted by molar-refractivity contribution is 6.32. The predicted molar refractivity (Wildman–Crippen MR) is 169 cm³/mol. The molecule has 2 nitrogen and oxygen atoms in total. The second-order valence-electron chi connectivity index (χ2n) is 12.9. The molecule has 3 aliphatic rings. The molecule has 2 aromatic carbocycles. The van der Waals surface area contributed by atoms with Crippen molar-refractivity contribution in [1.82, 2.24) is 0 Å². The molecule has 2 heterocycles. The second-order valence-corrected chi connectivity index (χ2v) is 13.2. The Kier molecular flexibility index (Phi) is 8.48. The van der Waals surface area contributed by atoms with E-state index in [1.165, 1.54) is 12.1 Å². The lowest BCUT2D eigenvalue weighted by Crippen LogP contribution is -2.27. The number of likely N-dealkylation sites (N-methyl/N-ethyl adjacent to an activating group) is 1. The van der Waals surface area contributed by atoms with Crippen molar-refractivity contribution in [2.75, 3.05) is 18.0 Å². The molecule has 0 amide bonds. The van der Waals surface area contributed by atoms with Crippen molar-refractivity contribution in [1.29, 1.82) is 0 Å². The van der Waals surface area contributed by atoms with E-state index in [1.54, 1.807) is 12.1 Å². The van der Waals surface area contributed by atoms with E-state index in [2.05, 4.69) is 0 Å². The van der Waals surface area contributed by atoms with Gasteiger partial charge < -0.3 is 4.90 Å². The van der Waals surface area contributed by atoms with Gasteiger partial charge in [-0.25, -0.2) is 0 Å². The molecular weight excluding hydrogens is 610 g/mol. The molecule has 0 radical (unpaired) electrons. The van der Waals surface area contributed by atoms with Crippen molar-refractivity contribution < 1.29 is 30.9 Å². The topological polar surface area (TPSA) is 6.25 Å². The maximum atomic E-state index is 13.5. The van der Waals surface area contributed by atoms with Crippen LogP contribution in [0.5, 0.6) is 0 Å². The first-order valence-corrected chi connectivity index (χ1v) is 15.6. The minimum atomic E-state index is -4.42. The standard InChI is InChI=1S/C36H38ClF6N2/c1-7-44-28-16-14-24(35(38,39)40)20-26(28)33(3,4)30(44)18-12-22-10-9-11-23(32(22)37)13-19-31-34(5,6)27-21-25(36(41,42)43)15-17-29(27)45(31)8-2/h12-21H,7-11H2,1-6H3/q+1. The summed E-state index contributed by atoms with van der Waals surface area (Å²) in [5.41, 5.74) is 3.89. The summed E-state index contributed by atoms with van der Waals surface area (Å²) in [6, 6.07) is 7.89. The van der Waals surface area contributed by atoms with Gasteiger partial charge in [0.1, 0.15) is 6.54 Å². The van der Waals surface area contributed by atoms with Crippen LogP contribution < -0.4 is 4.90 Å². The van der Waals surface area contributed by atoms with Gasteiger partial charge in [0.05, 0.1) is 16.5 Å². The Hall–Kier alpha value is -3.26. The molecule has 0 unspecified atom stereocenters. The van der Waals surface area contributed by atoms with Crippen molar-refractivity contribution in [2.24, 2.45) is 0 Å². The van der Waals surface area contributed by atoms with Crippen molar-refractivity contribution in [3.8, 4) is 0 Å². The Balaban J connectivity index is 1.48. The number of fused-ring (bicyclic) bond motifs is 2. The first-order valence-electron chi connectivity index (χ1n) is 15.3. The normalized spacial score (nSPS) is 21.5. The smallest absolute Gasteiger partial charge is 0.344 e. The molecule has 0 atom stereocenters. The van der Waals surface area contributed by atoms with Crippen LogP contribution in [-0.4, -0.2) is 23.4 Å². The minimum absolute atomic E-state index is 0.601. The van der Waals surface area contributed by atoms with Crippen molar-refractivity contribution in [3.05, 3.63) is 105 Å². The molecule has 0 N–H and O–H groups in total. The Morgan fingerprint density at radius 3 is 2.04 bits per heavy atom. The maximum absolute atomic E-state index is 13.5. The Morgan fingerprint density at radius 1 is 0.822 bits per heavy atom. The lowest BCUT2D eigenvalue weighted by atomic mass is 9.80. The number of allylic oxidation sites excluding steroid dienone is 8. The van der Waals surface area contributed by atoms with Gasteiger partial charge in [0.25, 0.3) is 0 Å². The Morgan fingerprint density at radius 2 is 1.44 bits per heavy atom. The Labute approximate surface area is 266 Å². The minimum Gasteiger partial charge on any atom is -0.344 e. The van der Waals surface area contributed by atoms with Gasteiger partial charge >= 0.3 is 12.4 Å². The highest BCUT2D eigenvalue weighted by Gasteiger charge is 2.46. The van der Waals surface area contributed by atoms with Crippen LogP contribution in [0.25, 0.3) is 0 Å². The van der Waals surface area contributed by atoms with Crippen LogP contribution in [0, 0.1) is 0 Å². The number of anilines is 1. The fourth-order valence-electron chi connectivity index (χ4n) is 6.95. The van der Waals surface area contributed by atoms with E-state index in [0.717, 1.165) is 65.3 Å². The predicted octanol–water partition coefficient (Wildman–Crippen LogP) is 11.0. The number of rotatable bonds is 5. The van der Waals surface area contributed by atoms with Crippen LogP contribution in [0.3, 0.4) is 0 Å². The van der Waals surface area contributed by atoms with E-state index in [0.29, 0.717) is 29.2 Å². The third-order valence-corrected chi connectivity index (χ3v) is 9.90. The third-order valence-electron chi connectivity index (χ3n) is 9.41. The van der Waals surface area contributed by atoms with Gasteiger partial charge in [-0.05, 0) is 100 Å². The van der Waals surface area contributed by atoms with Crippen LogP contribution in [0.1, 0.15) is 83.1 Å². The lowest BCUT2D eigenvalue weighted by Gasteiger charge is -2.26. The fourth-order valence-corrected chi connectivity index (χ4v) is 7.27. The molecule has 0 fully saturated rings. The molecule has 1 aliphatic carbocycles. The number of hydrogen-bond donors (Lipinski definition) is 0. The van der Waals surface area contributed by atoms with Gasteiger partial charge in [-0.2, -0.15) is 30.9 Å². The number of nitrogens with zero attached hydrogens (tertiary/aromatic N) is 2. The quantitative estimate of drug-likeness (QED) is 0.231. The Bertz CT molecular complexity index is 1680.